The third-order valence-corrected chi connectivity index (χ3v) is 4.62. The van der Waals surface area contributed by atoms with Gasteiger partial charge in [0.05, 0.1) is 11.8 Å². The Balaban J connectivity index is 1.61. The molecule has 0 saturated carbocycles. The fourth-order valence-electron chi connectivity index (χ4n) is 2.37. The van der Waals surface area contributed by atoms with Crippen LogP contribution in [-0.4, -0.2) is 38.3 Å². The van der Waals surface area contributed by atoms with Crippen LogP contribution in [0.2, 0.25) is 0 Å². The van der Waals surface area contributed by atoms with E-state index in [1.807, 2.05) is 0 Å². The third kappa shape index (κ3) is 3.42. The molecule has 1 saturated heterocycles. The van der Waals surface area contributed by atoms with E-state index < -0.39 is 0 Å². The number of aromatic nitrogens is 3. The monoisotopic (exact) mass is 334 g/mol. The molecule has 0 spiro atoms. The summed E-state index contributed by atoms with van der Waals surface area (Å²) in [7, 11) is 0. The van der Waals surface area contributed by atoms with Crippen molar-refractivity contribution < 1.29 is 9.18 Å². The van der Waals surface area contributed by atoms with Crippen molar-refractivity contribution in [3.8, 4) is 0 Å². The molecule has 1 fully saturated rings. The molecule has 1 amide bonds. The van der Waals surface area contributed by atoms with Gasteiger partial charge in [-0.15, -0.1) is 10.2 Å². The molecule has 2 heterocycles. The minimum Gasteiger partial charge on any atom is -0.335 e. The number of thioether (sulfide) groups is 1. The smallest absolute Gasteiger partial charge is 0.273 e. The average Bonchev–Trinajstić information content (AvgIpc) is 2.49. The van der Waals surface area contributed by atoms with Crippen LogP contribution >= 0.6 is 11.8 Å². The summed E-state index contributed by atoms with van der Waals surface area (Å²) >= 11 is 1.15. The van der Waals surface area contributed by atoms with Crippen LogP contribution in [0.15, 0.2) is 34.2 Å². The quantitative estimate of drug-likeness (QED) is 0.861. The maximum absolute atomic E-state index is 13.0. The number of hydrogen-bond donors (Lipinski definition) is 1. The number of nitrogens with zero attached hydrogens (tertiary/aromatic N) is 3. The molecule has 1 unspecified atom stereocenters. The molecule has 0 aliphatic carbocycles. The summed E-state index contributed by atoms with van der Waals surface area (Å²) in [5.74, 6) is -0.159. The van der Waals surface area contributed by atoms with Gasteiger partial charge in [-0.25, -0.2) is 4.39 Å². The zero-order valence-corrected chi connectivity index (χ0v) is 13.3. The van der Waals surface area contributed by atoms with Crippen LogP contribution < -0.4 is 5.56 Å². The van der Waals surface area contributed by atoms with Gasteiger partial charge in [0.25, 0.3) is 5.56 Å². The van der Waals surface area contributed by atoms with E-state index in [1.165, 1.54) is 12.1 Å². The molecule has 1 atom stereocenters. The number of halogens is 1. The van der Waals surface area contributed by atoms with Crippen LogP contribution in [0.1, 0.15) is 23.7 Å². The van der Waals surface area contributed by atoms with E-state index in [9.17, 15) is 14.0 Å². The number of rotatable bonds is 4. The highest BCUT2D eigenvalue weighted by molar-refractivity contribution is 7.99. The SMILES string of the molecule is Cc1nnc(SCC(=O)N2CCC2c2ccc(F)cc2)[nH]c1=O. The van der Waals surface area contributed by atoms with E-state index in [0.29, 0.717) is 17.4 Å². The highest BCUT2D eigenvalue weighted by Gasteiger charge is 2.33. The molecule has 1 aliphatic rings. The maximum atomic E-state index is 13.0. The van der Waals surface area contributed by atoms with E-state index in [1.54, 1.807) is 24.0 Å². The van der Waals surface area contributed by atoms with E-state index in [2.05, 4.69) is 15.2 Å². The van der Waals surface area contributed by atoms with Gasteiger partial charge in [-0.1, -0.05) is 23.9 Å². The van der Waals surface area contributed by atoms with Crippen molar-refractivity contribution in [3.05, 3.63) is 51.7 Å². The predicted molar refractivity (Wildman–Crippen MR) is 83.6 cm³/mol. The lowest BCUT2D eigenvalue weighted by atomic mass is 9.95. The number of H-pyrrole nitrogens is 1. The van der Waals surface area contributed by atoms with Crippen molar-refractivity contribution in [2.24, 2.45) is 0 Å². The largest absolute Gasteiger partial charge is 0.335 e. The summed E-state index contributed by atoms with van der Waals surface area (Å²) in [4.78, 5) is 28.1. The zero-order chi connectivity index (χ0) is 16.4. The van der Waals surface area contributed by atoms with Gasteiger partial charge in [-0.05, 0) is 31.0 Å². The molecule has 1 N–H and O–H groups in total. The molecule has 1 aromatic carbocycles. The van der Waals surface area contributed by atoms with Crippen LogP contribution in [0.5, 0.6) is 0 Å². The molecular weight excluding hydrogens is 319 g/mol. The number of aryl methyl sites for hydroxylation is 1. The van der Waals surface area contributed by atoms with Gasteiger partial charge >= 0.3 is 0 Å². The first kappa shape index (κ1) is 15.7. The van der Waals surface area contributed by atoms with Crippen molar-refractivity contribution in [2.45, 2.75) is 24.5 Å². The van der Waals surface area contributed by atoms with Crippen LogP contribution in [0, 0.1) is 12.7 Å². The molecule has 6 nitrogen and oxygen atoms in total. The van der Waals surface area contributed by atoms with Crippen LogP contribution in [0.4, 0.5) is 4.39 Å². The molecule has 3 rings (SSSR count). The van der Waals surface area contributed by atoms with Crippen molar-refractivity contribution in [2.75, 3.05) is 12.3 Å². The first-order valence-electron chi connectivity index (χ1n) is 7.16. The Kier molecular flexibility index (Phi) is 4.42. The van der Waals surface area contributed by atoms with Crippen molar-refractivity contribution in [3.63, 3.8) is 0 Å². The van der Waals surface area contributed by atoms with Crippen LogP contribution in [0.3, 0.4) is 0 Å². The second kappa shape index (κ2) is 6.49. The minimum atomic E-state index is -0.303. The summed E-state index contributed by atoms with van der Waals surface area (Å²) in [6.45, 7) is 2.25. The number of aromatic amines is 1. The summed E-state index contributed by atoms with van der Waals surface area (Å²) in [5.41, 5.74) is 0.919. The maximum Gasteiger partial charge on any atom is 0.273 e. The fourth-order valence-corrected chi connectivity index (χ4v) is 3.06. The highest BCUT2D eigenvalue weighted by atomic mass is 32.2. The number of hydrogen-bond acceptors (Lipinski definition) is 5. The predicted octanol–water partition coefficient (Wildman–Crippen LogP) is 1.68. The Morgan fingerprint density at radius 3 is 2.74 bits per heavy atom. The zero-order valence-electron chi connectivity index (χ0n) is 12.5. The number of carbonyl (C=O) groups excluding carboxylic acids is 1. The molecule has 0 bridgehead atoms. The number of amides is 1. The Bertz CT molecular complexity index is 778. The summed E-state index contributed by atoms with van der Waals surface area (Å²) in [6, 6.07) is 6.20. The lowest BCUT2D eigenvalue weighted by Gasteiger charge is -2.41. The summed E-state index contributed by atoms with van der Waals surface area (Å²) < 4.78 is 13.0. The first-order chi connectivity index (χ1) is 11.0. The molecular formula is C15H15FN4O2S. The topological polar surface area (TPSA) is 79.0 Å². The van der Waals surface area contributed by atoms with Gasteiger partial charge in [0.15, 0.2) is 5.16 Å². The molecule has 120 valence electrons. The normalized spacial score (nSPS) is 17.0. The second-order valence-corrected chi connectivity index (χ2v) is 6.24. The van der Waals surface area contributed by atoms with Gasteiger partial charge in [-0.2, -0.15) is 0 Å². The van der Waals surface area contributed by atoms with Crippen LogP contribution in [0.25, 0.3) is 0 Å². The van der Waals surface area contributed by atoms with E-state index >= 15 is 0 Å². The molecule has 2 aromatic rings. The minimum absolute atomic E-state index is 0.00755. The van der Waals surface area contributed by atoms with E-state index in [4.69, 9.17) is 0 Å². The van der Waals surface area contributed by atoms with Crippen molar-refractivity contribution in [1.29, 1.82) is 0 Å². The molecule has 23 heavy (non-hydrogen) atoms. The van der Waals surface area contributed by atoms with E-state index in [0.717, 1.165) is 23.7 Å². The van der Waals surface area contributed by atoms with Crippen LogP contribution in [-0.2, 0) is 4.79 Å². The Morgan fingerprint density at radius 2 is 2.13 bits per heavy atom. The lowest BCUT2D eigenvalue weighted by Crippen LogP contribution is -2.46. The average molecular weight is 334 g/mol. The lowest BCUT2D eigenvalue weighted by molar-refractivity contribution is -0.136. The van der Waals surface area contributed by atoms with Gasteiger partial charge in [0.2, 0.25) is 5.91 Å². The van der Waals surface area contributed by atoms with Gasteiger partial charge in [-0.3, -0.25) is 14.6 Å². The van der Waals surface area contributed by atoms with E-state index in [-0.39, 0.29) is 29.1 Å². The van der Waals surface area contributed by atoms with Gasteiger partial charge < -0.3 is 4.90 Å². The van der Waals surface area contributed by atoms with Gasteiger partial charge in [0, 0.05) is 6.54 Å². The Morgan fingerprint density at radius 1 is 1.39 bits per heavy atom. The van der Waals surface area contributed by atoms with Crippen molar-refractivity contribution >= 4 is 17.7 Å². The highest BCUT2D eigenvalue weighted by Crippen LogP contribution is 2.33. The fraction of sp³-hybridized carbons (Fsp3) is 0.333. The standard InChI is InChI=1S/C15H15FN4O2S/c1-9-14(22)17-15(19-18-9)23-8-13(21)20-7-6-12(20)10-2-4-11(16)5-3-10/h2-5,12H,6-8H2,1H3,(H,17,19,22). The Hall–Kier alpha value is -2.22. The molecule has 0 radical (unpaired) electrons. The third-order valence-electron chi connectivity index (χ3n) is 3.77. The number of benzene rings is 1. The number of nitrogens with one attached hydrogen (secondary N) is 1. The first-order valence-corrected chi connectivity index (χ1v) is 8.14. The number of carbonyl (C=O) groups is 1. The second-order valence-electron chi connectivity index (χ2n) is 5.28. The van der Waals surface area contributed by atoms with Gasteiger partial charge in [0.1, 0.15) is 11.5 Å². The Labute approximate surface area is 136 Å². The molecule has 1 aromatic heterocycles. The summed E-state index contributed by atoms with van der Waals surface area (Å²) in [6.07, 6.45) is 0.864. The summed E-state index contributed by atoms with van der Waals surface area (Å²) in [5, 5.41) is 7.90. The molecule has 1 aliphatic heterocycles. The molecule has 8 heteroatoms. The number of likely N-dealkylation sites (tertiary alicyclic amines) is 1. The van der Waals surface area contributed by atoms with Crippen molar-refractivity contribution in [1.82, 2.24) is 20.1 Å².